The van der Waals surface area contributed by atoms with Crippen molar-refractivity contribution in [2.24, 2.45) is 5.10 Å². The van der Waals surface area contributed by atoms with Gasteiger partial charge in [-0.25, -0.2) is 0 Å². The molecule has 2 aromatic rings. The van der Waals surface area contributed by atoms with Gasteiger partial charge in [-0.1, -0.05) is 0 Å². The molecule has 0 saturated heterocycles. The first-order chi connectivity index (χ1) is 8.34. The van der Waals surface area contributed by atoms with Gasteiger partial charge in [0.1, 0.15) is 0 Å². The summed E-state index contributed by atoms with van der Waals surface area (Å²) in [6, 6.07) is 3.79. The Morgan fingerprint density at radius 2 is 2.18 bits per heavy atom. The van der Waals surface area contributed by atoms with Crippen molar-refractivity contribution < 1.29 is 0 Å². The van der Waals surface area contributed by atoms with E-state index in [0.717, 1.165) is 11.4 Å². The molecule has 0 aliphatic heterocycles. The molecule has 0 spiro atoms. The van der Waals surface area contributed by atoms with Crippen molar-refractivity contribution >= 4 is 18.4 Å². The predicted molar refractivity (Wildman–Crippen MR) is 66.6 cm³/mol. The van der Waals surface area contributed by atoms with E-state index in [0.29, 0.717) is 10.7 Å². The van der Waals surface area contributed by atoms with Gasteiger partial charge in [-0.2, -0.15) is 14.9 Å². The van der Waals surface area contributed by atoms with Crippen molar-refractivity contribution in [3.05, 3.63) is 40.7 Å². The average molecular weight is 245 g/mol. The van der Waals surface area contributed by atoms with Crippen LogP contribution in [0.15, 0.2) is 29.6 Å². The maximum Gasteiger partial charge on any atom is 0.216 e. The zero-order valence-corrected chi connectivity index (χ0v) is 9.89. The predicted octanol–water partition coefficient (Wildman–Crippen LogP) is 2.10. The molecule has 3 rings (SSSR count). The minimum atomic E-state index is 0.512. The second-order valence-electron chi connectivity index (χ2n) is 4.00. The Hall–Kier alpha value is -1.82. The minimum absolute atomic E-state index is 0.512. The lowest BCUT2D eigenvalue weighted by atomic mass is 10.3. The van der Waals surface area contributed by atoms with Crippen molar-refractivity contribution in [1.82, 2.24) is 19.9 Å². The van der Waals surface area contributed by atoms with E-state index in [4.69, 9.17) is 12.2 Å². The lowest BCUT2D eigenvalue weighted by Crippen LogP contribution is -1.97. The number of hydrogen-bond acceptors (Lipinski definition) is 4. The SMILES string of the molecule is S=c1[nH]nc(C2CC2)n1/N=C\c1ccncc1. The first kappa shape index (κ1) is 10.3. The zero-order chi connectivity index (χ0) is 11.7. The first-order valence-corrected chi connectivity index (χ1v) is 5.87. The van der Waals surface area contributed by atoms with Gasteiger partial charge < -0.3 is 0 Å². The van der Waals surface area contributed by atoms with Gasteiger partial charge in [0.25, 0.3) is 0 Å². The number of hydrogen-bond donors (Lipinski definition) is 1. The molecule has 0 amide bonds. The molecule has 1 fully saturated rings. The highest BCUT2D eigenvalue weighted by Gasteiger charge is 2.29. The van der Waals surface area contributed by atoms with E-state index in [-0.39, 0.29) is 0 Å². The van der Waals surface area contributed by atoms with Gasteiger partial charge in [-0.15, -0.1) is 0 Å². The Labute approximate surface area is 103 Å². The highest BCUT2D eigenvalue weighted by Crippen LogP contribution is 2.38. The summed E-state index contributed by atoms with van der Waals surface area (Å²) in [5.41, 5.74) is 0.991. The summed E-state index contributed by atoms with van der Waals surface area (Å²) in [5, 5.41) is 11.4. The van der Waals surface area contributed by atoms with Crippen LogP contribution in [0.25, 0.3) is 0 Å². The van der Waals surface area contributed by atoms with Crippen LogP contribution in [0.4, 0.5) is 0 Å². The van der Waals surface area contributed by atoms with E-state index in [1.54, 1.807) is 23.3 Å². The third kappa shape index (κ3) is 2.16. The van der Waals surface area contributed by atoms with Crippen LogP contribution in [0, 0.1) is 4.77 Å². The summed E-state index contributed by atoms with van der Waals surface area (Å²) < 4.78 is 2.24. The topological polar surface area (TPSA) is 58.9 Å². The summed E-state index contributed by atoms with van der Waals surface area (Å²) in [6.45, 7) is 0. The standard InChI is InChI=1S/C11H11N5S/c17-11-15-14-10(9-1-2-9)16(11)13-7-8-3-5-12-6-4-8/h3-7,9H,1-2H2,(H,15,17)/b13-7-. The van der Waals surface area contributed by atoms with Crippen molar-refractivity contribution in [2.45, 2.75) is 18.8 Å². The molecular formula is C11H11N5S. The Morgan fingerprint density at radius 3 is 2.88 bits per heavy atom. The number of nitrogens with zero attached hydrogens (tertiary/aromatic N) is 4. The normalized spacial score (nSPS) is 15.5. The van der Waals surface area contributed by atoms with Crippen molar-refractivity contribution in [1.29, 1.82) is 0 Å². The van der Waals surface area contributed by atoms with E-state index in [1.807, 2.05) is 12.1 Å². The van der Waals surface area contributed by atoms with Gasteiger partial charge in [-0.3, -0.25) is 10.1 Å². The van der Waals surface area contributed by atoms with Crippen LogP contribution < -0.4 is 0 Å². The monoisotopic (exact) mass is 245 g/mol. The van der Waals surface area contributed by atoms with Crippen molar-refractivity contribution in [2.75, 3.05) is 0 Å². The third-order valence-electron chi connectivity index (χ3n) is 2.65. The smallest absolute Gasteiger partial charge is 0.216 e. The summed E-state index contributed by atoms with van der Waals surface area (Å²) >= 11 is 5.15. The van der Waals surface area contributed by atoms with Crippen LogP contribution >= 0.6 is 12.2 Å². The fraction of sp³-hybridized carbons (Fsp3) is 0.273. The van der Waals surface area contributed by atoms with E-state index in [9.17, 15) is 0 Å². The molecule has 5 nitrogen and oxygen atoms in total. The van der Waals surface area contributed by atoms with Crippen LogP contribution in [0.5, 0.6) is 0 Å². The Bertz CT molecular complexity index is 594. The summed E-state index contributed by atoms with van der Waals surface area (Å²) in [4.78, 5) is 3.96. The molecule has 86 valence electrons. The van der Waals surface area contributed by atoms with Crippen LogP contribution in [-0.2, 0) is 0 Å². The molecule has 0 aromatic carbocycles. The second-order valence-corrected chi connectivity index (χ2v) is 4.38. The summed E-state index contributed by atoms with van der Waals surface area (Å²) in [5.74, 6) is 1.44. The highest BCUT2D eigenvalue weighted by atomic mass is 32.1. The third-order valence-corrected chi connectivity index (χ3v) is 2.91. The zero-order valence-electron chi connectivity index (χ0n) is 9.08. The Morgan fingerprint density at radius 1 is 1.41 bits per heavy atom. The number of H-pyrrole nitrogens is 1. The van der Waals surface area contributed by atoms with Crippen LogP contribution in [0.3, 0.4) is 0 Å². The maximum atomic E-state index is 5.15. The van der Waals surface area contributed by atoms with Gasteiger partial charge in [-0.05, 0) is 42.8 Å². The molecule has 1 N–H and O–H groups in total. The van der Waals surface area contributed by atoms with Crippen LogP contribution in [-0.4, -0.2) is 26.1 Å². The molecular weight excluding hydrogens is 234 g/mol. The van der Waals surface area contributed by atoms with E-state index >= 15 is 0 Å². The van der Waals surface area contributed by atoms with E-state index in [2.05, 4.69) is 20.3 Å². The van der Waals surface area contributed by atoms with Crippen molar-refractivity contribution in [3.8, 4) is 0 Å². The fourth-order valence-corrected chi connectivity index (χ4v) is 1.78. The molecule has 0 unspecified atom stereocenters. The van der Waals surface area contributed by atoms with E-state index in [1.165, 1.54) is 12.8 Å². The number of rotatable bonds is 3. The van der Waals surface area contributed by atoms with Gasteiger partial charge >= 0.3 is 0 Å². The Balaban J connectivity index is 1.92. The lowest BCUT2D eigenvalue weighted by molar-refractivity contribution is 0.773. The largest absolute Gasteiger partial charge is 0.265 e. The number of pyridine rings is 1. The van der Waals surface area contributed by atoms with Gasteiger partial charge in [0, 0.05) is 18.3 Å². The van der Waals surface area contributed by atoms with Gasteiger partial charge in [0.15, 0.2) is 5.82 Å². The molecule has 2 heterocycles. The first-order valence-electron chi connectivity index (χ1n) is 5.46. The molecule has 6 heteroatoms. The summed E-state index contributed by atoms with van der Waals surface area (Å²) in [6.07, 6.45) is 7.57. The maximum absolute atomic E-state index is 5.15. The molecule has 1 aliphatic rings. The number of aromatic nitrogens is 4. The molecule has 0 radical (unpaired) electrons. The molecule has 2 aromatic heterocycles. The molecule has 1 saturated carbocycles. The van der Waals surface area contributed by atoms with Crippen LogP contribution in [0.1, 0.15) is 30.1 Å². The number of nitrogens with one attached hydrogen (secondary N) is 1. The minimum Gasteiger partial charge on any atom is -0.265 e. The van der Waals surface area contributed by atoms with Crippen molar-refractivity contribution in [3.63, 3.8) is 0 Å². The molecule has 0 bridgehead atoms. The van der Waals surface area contributed by atoms with Gasteiger partial charge in [0.05, 0.1) is 6.21 Å². The molecule has 17 heavy (non-hydrogen) atoms. The van der Waals surface area contributed by atoms with Crippen LogP contribution in [0.2, 0.25) is 0 Å². The molecule has 1 aliphatic carbocycles. The molecule has 0 atom stereocenters. The summed E-state index contributed by atoms with van der Waals surface area (Å²) in [7, 11) is 0. The fourth-order valence-electron chi connectivity index (χ4n) is 1.60. The number of aromatic amines is 1. The quantitative estimate of drug-likeness (QED) is 0.665. The van der Waals surface area contributed by atoms with Gasteiger partial charge in [0.2, 0.25) is 4.77 Å². The lowest BCUT2D eigenvalue weighted by Gasteiger charge is -1.97. The second kappa shape index (κ2) is 4.21. The Kier molecular flexibility index (Phi) is 2.56. The average Bonchev–Trinajstić information content (AvgIpc) is 3.13. The van der Waals surface area contributed by atoms with E-state index < -0.39 is 0 Å². The highest BCUT2D eigenvalue weighted by molar-refractivity contribution is 7.71.